The van der Waals surface area contributed by atoms with Crippen LogP contribution in [-0.4, -0.2) is 29.2 Å². The summed E-state index contributed by atoms with van der Waals surface area (Å²) in [6.07, 6.45) is 4.39. The summed E-state index contributed by atoms with van der Waals surface area (Å²) in [6.45, 7) is 4.83. The zero-order chi connectivity index (χ0) is 16.4. The molecule has 3 rings (SSSR count). The van der Waals surface area contributed by atoms with Gasteiger partial charge in [-0.15, -0.1) is 0 Å². The second-order valence-electron chi connectivity index (χ2n) is 6.10. The van der Waals surface area contributed by atoms with Crippen molar-refractivity contribution in [2.45, 2.75) is 13.3 Å². The quantitative estimate of drug-likeness (QED) is 0.935. The van der Waals surface area contributed by atoms with Crippen molar-refractivity contribution >= 4 is 23.1 Å². The molecule has 0 aliphatic carbocycles. The van der Waals surface area contributed by atoms with Crippen LogP contribution in [0.5, 0.6) is 0 Å². The van der Waals surface area contributed by atoms with Crippen molar-refractivity contribution in [2.24, 2.45) is 13.0 Å². The van der Waals surface area contributed by atoms with Crippen molar-refractivity contribution in [3.05, 3.63) is 51.5 Å². The van der Waals surface area contributed by atoms with Gasteiger partial charge in [0.25, 0.3) is 5.56 Å². The minimum atomic E-state index is -0.0898. The van der Waals surface area contributed by atoms with E-state index < -0.39 is 0 Å². The summed E-state index contributed by atoms with van der Waals surface area (Å²) in [5.41, 5.74) is 2.35. The van der Waals surface area contributed by atoms with E-state index in [-0.39, 0.29) is 5.56 Å². The first-order chi connectivity index (χ1) is 11.0. The van der Waals surface area contributed by atoms with Gasteiger partial charge in [0.2, 0.25) is 0 Å². The van der Waals surface area contributed by atoms with Gasteiger partial charge in [-0.3, -0.25) is 4.79 Å². The molecule has 0 radical (unpaired) electrons. The highest BCUT2D eigenvalue weighted by Crippen LogP contribution is 2.29. The van der Waals surface area contributed by atoms with Crippen molar-refractivity contribution in [1.82, 2.24) is 9.55 Å². The molecule has 0 unspecified atom stereocenters. The fraction of sp³-hybridized carbons (Fsp3) is 0.412. The molecule has 1 aromatic heterocycles. The molecule has 5 nitrogen and oxygen atoms in total. The molecule has 2 heterocycles. The SMILES string of the molecule is Cc1ccc(Cl)cc1N1CC[C@H](CNc2nccn(C)c2=O)C1. The normalized spacial score (nSPS) is 17.5. The second-order valence-corrected chi connectivity index (χ2v) is 6.54. The molecule has 1 aliphatic heterocycles. The number of benzene rings is 1. The summed E-state index contributed by atoms with van der Waals surface area (Å²) in [6, 6.07) is 6.01. The zero-order valence-corrected chi connectivity index (χ0v) is 14.2. The van der Waals surface area contributed by atoms with Crippen LogP contribution in [0.25, 0.3) is 0 Å². The maximum absolute atomic E-state index is 12.0. The molecule has 6 heteroatoms. The zero-order valence-electron chi connectivity index (χ0n) is 13.4. The van der Waals surface area contributed by atoms with Gasteiger partial charge in [-0.2, -0.15) is 0 Å². The van der Waals surface area contributed by atoms with Crippen LogP contribution < -0.4 is 15.8 Å². The van der Waals surface area contributed by atoms with Gasteiger partial charge in [-0.1, -0.05) is 17.7 Å². The number of hydrogen-bond donors (Lipinski definition) is 1. The molecule has 2 aromatic rings. The summed E-state index contributed by atoms with van der Waals surface area (Å²) in [4.78, 5) is 18.4. The van der Waals surface area contributed by atoms with Crippen LogP contribution >= 0.6 is 11.6 Å². The molecular weight excluding hydrogens is 312 g/mol. The van der Waals surface area contributed by atoms with Crippen LogP contribution in [0.2, 0.25) is 5.02 Å². The molecule has 1 saturated heterocycles. The third-order valence-electron chi connectivity index (χ3n) is 4.37. The number of nitrogens with one attached hydrogen (secondary N) is 1. The molecular formula is C17H21ClN4O. The molecule has 0 bridgehead atoms. The van der Waals surface area contributed by atoms with Crippen molar-refractivity contribution in [1.29, 1.82) is 0 Å². The number of rotatable bonds is 4. The smallest absolute Gasteiger partial charge is 0.293 e. The standard InChI is InChI=1S/C17H21ClN4O/c1-12-3-4-14(18)9-15(12)22-7-5-13(11-22)10-20-16-17(23)21(2)8-6-19-16/h3-4,6,8-9,13H,5,7,10-11H2,1-2H3,(H,19,20)/t13-/m1/s1. The van der Waals surface area contributed by atoms with Crippen LogP contribution in [0.3, 0.4) is 0 Å². The minimum Gasteiger partial charge on any atom is -0.371 e. The molecule has 23 heavy (non-hydrogen) atoms. The number of nitrogens with zero attached hydrogens (tertiary/aromatic N) is 3. The topological polar surface area (TPSA) is 50.2 Å². The lowest BCUT2D eigenvalue weighted by molar-refractivity contribution is 0.619. The first kappa shape index (κ1) is 15.9. The van der Waals surface area contributed by atoms with E-state index in [0.29, 0.717) is 11.7 Å². The molecule has 1 atom stereocenters. The average molecular weight is 333 g/mol. The molecule has 0 saturated carbocycles. The second kappa shape index (κ2) is 6.62. The Morgan fingerprint density at radius 3 is 3.09 bits per heavy atom. The van der Waals surface area contributed by atoms with Gasteiger partial charge in [0.1, 0.15) is 0 Å². The van der Waals surface area contributed by atoms with E-state index in [0.717, 1.165) is 31.1 Å². The highest BCUT2D eigenvalue weighted by Gasteiger charge is 2.24. The van der Waals surface area contributed by atoms with Crippen molar-refractivity contribution in [2.75, 3.05) is 29.9 Å². The number of hydrogen-bond acceptors (Lipinski definition) is 4. The van der Waals surface area contributed by atoms with Crippen LogP contribution in [-0.2, 0) is 7.05 Å². The summed E-state index contributed by atoms with van der Waals surface area (Å²) in [5, 5.41) is 3.96. The van der Waals surface area contributed by atoms with Crippen molar-refractivity contribution < 1.29 is 0 Å². The summed E-state index contributed by atoms with van der Waals surface area (Å²) < 4.78 is 1.53. The summed E-state index contributed by atoms with van der Waals surface area (Å²) in [7, 11) is 1.73. The molecule has 1 fully saturated rings. The van der Waals surface area contributed by atoms with Gasteiger partial charge in [0.15, 0.2) is 5.82 Å². The minimum absolute atomic E-state index is 0.0898. The van der Waals surface area contributed by atoms with E-state index in [1.54, 1.807) is 19.4 Å². The monoisotopic (exact) mass is 332 g/mol. The van der Waals surface area contributed by atoms with E-state index in [9.17, 15) is 4.79 Å². The largest absolute Gasteiger partial charge is 0.371 e. The molecule has 122 valence electrons. The average Bonchev–Trinajstić information content (AvgIpc) is 3.00. The Balaban J connectivity index is 1.63. The fourth-order valence-electron chi connectivity index (χ4n) is 3.00. The molecule has 0 amide bonds. The lowest BCUT2D eigenvalue weighted by Gasteiger charge is -2.21. The number of aromatic nitrogens is 2. The Morgan fingerprint density at radius 2 is 2.26 bits per heavy atom. The van der Waals surface area contributed by atoms with E-state index in [1.165, 1.54) is 15.8 Å². The van der Waals surface area contributed by atoms with Crippen molar-refractivity contribution in [3.8, 4) is 0 Å². The van der Waals surface area contributed by atoms with Gasteiger partial charge >= 0.3 is 0 Å². The van der Waals surface area contributed by atoms with Gasteiger partial charge in [0.05, 0.1) is 0 Å². The third kappa shape index (κ3) is 3.50. The van der Waals surface area contributed by atoms with E-state index in [2.05, 4.69) is 28.2 Å². The van der Waals surface area contributed by atoms with Gasteiger partial charge < -0.3 is 14.8 Å². The highest BCUT2D eigenvalue weighted by atomic mass is 35.5. The maximum Gasteiger partial charge on any atom is 0.293 e. The Hall–Kier alpha value is -2.01. The van der Waals surface area contributed by atoms with Gasteiger partial charge in [0, 0.05) is 49.8 Å². The number of halogens is 1. The van der Waals surface area contributed by atoms with E-state index in [4.69, 9.17) is 11.6 Å². The Morgan fingerprint density at radius 1 is 1.43 bits per heavy atom. The first-order valence-electron chi connectivity index (χ1n) is 7.81. The number of anilines is 2. The lowest BCUT2D eigenvalue weighted by atomic mass is 10.1. The Kier molecular flexibility index (Phi) is 4.57. The van der Waals surface area contributed by atoms with Gasteiger partial charge in [-0.05, 0) is 37.0 Å². The molecule has 1 N–H and O–H groups in total. The molecule has 1 aliphatic rings. The van der Waals surface area contributed by atoms with E-state index >= 15 is 0 Å². The Labute approximate surface area is 140 Å². The molecule has 0 spiro atoms. The Bertz CT molecular complexity index is 758. The molecule has 1 aromatic carbocycles. The first-order valence-corrected chi connectivity index (χ1v) is 8.19. The van der Waals surface area contributed by atoms with Crippen LogP contribution in [0.15, 0.2) is 35.4 Å². The van der Waals surface area contributed by atoms with Crippen LogP contribution in [0, 0.1) is 12.8 Å². The predicted molar refractivity (Wildman–Crippen MR) is 94.5 cm³/mol. The maximum atomic E-state index is 12.0. The highest BCUT2D eigenvalue weighted by molar-refractivity contribution is 6.30. The predicted octanol–water partition coefficient (Wildman–Crippen LogP) is 2.68. The number of aryl methyl sites for hydroxylation is 2. The van der Waals surface area contributed by atoms with Crippen LogP contribution in [0.1, 0.15) is 12.0 Å². The summed E-state index contributed by atoms with van der Waals surface area (Å²) in [5.74, 6) is 0.910. The van der Waals surface area contributed by atoms with Gasteiger partial charge in [-0.25, -0.2) is 4.98 Å². The summed E-state index contributed by atoms with van der Waals surface area (Å²) >= 11 is 6.12. The fourth-order valence-corrected chi connectivity index (χ4v) is 3.17. The van der Waals surface area contributed by atoms with Crippen molar-refractivity contribution in [3.63, 3.8) is 0 Å². The lowest BCUT2D eigenvalue weighted by Crippen LogP contribution is -2.26. The van der Waals surface area contributed by atoms with E-state index in [1.807, 2.05) is 12.1 Å². The van der Waals surface area contributed by atoms with Crippen LogP contribution in [0.4, 0.5) is 11.5 Å². The third-order valence-corrected chi connectivity index (χ3v) is 4.61.